The molecular weight excluding hydrogens is 272 g/mol. The van der Waals surface area contributed by atoms with Gasteiger partial charge in [-0.25, -0.2) is 4.79 Å². The summed E-state index contributed by atoms with van der Waals surface area (Å²) >= 11 is 0. The third kappa shape index (κ3) is 2.72. The molecule has 0 unspecified atom stereocenters. The van der Waals surface area contributed by atoms with E-state index in [1.165, 1.54) is 0 Å². The van der Waals surface area contributed by atoms with Crippen molar-refractivity contribution in [2.45, 2.75) is 6.92 Å². The number of rotatable bonds is 2. The van der Waals surface area contributed by atoms with Gasteiger partial charge in [-0.3, -0.25) is 0 Å². The van der Waals surface area contributed by atoms with E-state index in [1.54, 1.807) is 24.0 Å². The number of oxazole rings is 1. The van der Waals surface area contributed by atoms with Gasteiger partial charge in [0.25, 0.3) is 6.01 Å². The lowest BCUT2D eigenvalue weighted by atomic mass is 10.3. The molecule has 7 heteroatoms. The Bertz CT molecular complexity index is 647. The predicted octanol–water partition coefficient (Wildman–Crippen LogP) is 1.69. The average molecular weight is 290 g/mol. The van der Waals surface area contributed by atoms with Crippen LogP contribution < -0.4 is 10.6 Å². The Labute approximate surface area is 122 Å². The number of carbonyl (C=O) groups is 1. The summed E-state index contributed by atoms with van der Waals surface area (Å²) in [5.41, 5.74) is 7.85. The fourth-order valence-corrected chi connectivity index (χ4v) is 2.36. The van der Waals surface area contributed by atoms with Gasteiger partial charge in [-0.05, 0) is 19.1 Å². The number of nitrogens with zero attached hydrogens (tertiary/aromatic N) is 3. The number of hydrogen-bond acceptors (Lipinski definition) is 6. The molecule has 1 aromatic heterocycles. The van der Waals surface area contributed by atoms with Gasteiger partial charge in [-0.1, -0.05) is 0 Å². The Hall–Kier alpha value is -2.44. The standard InChI is InChI=1S/C14H18N4O3/c1-2-20-14(19)18-7-5-17(6-8-18)13-16-11-4-3-10(15)9-12(11)21-13/h3-4,9H,2,5-8,15H2,1H3. The summed E-state index contributed by atoms with van der Waals surface area (Å²) in [5, 5.41) is 0. The Morgan fingerprint density at radius 1 is 1.38 bits per heavy atom. The third-order valence-electron chi connectivity index (χ3n) is 3.48. The number of hydrogen-bond donors (Lipinski definition) is 1. The molecule has 1 fully saturated rings. The van der Waals surface area contributed by atoms with Crippen molar-refractivity contribution in [1.29, 1.82) is 0 Å². The van der Waals surface area contributed by atoms with E-state index in [4.69, 9.17) is 14.9 Å². The third-order valence-corrected chi connectivity index (χ3v) is 3.48. The number of piperazine rings is 1. The second-order valence-corrected chi connectivity index (χ2v) is 4.90. The summed E-state index contributed by atoms with van der Waals surface area (Å²) < 4.78 is 10.7. The molecule has 1 aliphatic heterocycles. The highest BCUT2D eigenvalue weighted by atomic mass is 16.6. The topological polar surface area (TPSA) is 84.8 Å². The fourth-order valence-electron chi connectivity index (χ4n) is 2.36. The molecule has 0 spiro atoms. The van der Waals surface area contributed by atoms with Gasteiger partial charge in [0.1, 0.15) is 5.52 Å². The molecular formula is C14H18N4O3. The maximum atomic E-state index is 11.7. The Morgan fingerprint density at radius 3 is 2.86 bits per heavy atom. The number of ether oxygens (including phenoxy) is 1. The van der Waals surface area contributed by atoms with E-state index in [-0.39, 0.29) is 6.09 Å². The molecule has 21 heavy (non-hydrogen) atoms. The smallest absolute Gasteiger partial charge is 0.409 e. The Balaban J connectivity index is 1.69. The van der Waals surface area contributed by atoms with Crippen LogP contribution in [0.1, 0.15) is 6.92 Å². The summed E-state index contributed by atoms with van der Waals surface area (Å²) in [6.07, 6.45) is -0.262. The van der Waals surface area contributed by atoms with Crippen LogP contribution in [-0.2, 0) is 4.74 Å². The lowest BCUT2D eigenvalue weighted by Gasteiger charge is -2.32. The van der Waals surface area contributed by atoms with Crippen molar-refractivity contribution in [3.63, 3.8) is 0 Å². The van der Waals surface area contributed by atoms with Crippen LogP contribution in [0.4, 0.5) is 16.5 Å². The van der Waals surface area contributed by atoms with Crippen molar-refractivity contribution >= 4 is 28.9 Å². The van der Waals surface area contributed by atoms with Crippen LogP contribution in [0.15, 0.2) is 22.6 Å². The van der Waals surface area contributed by atoms with Crippen LogP contribution >= 0.6 is 0 Å². The first-order valence-corrected chi connectivity index (χ1v) is 7.00. The zero-order valence-corrected chi connectivity index (χ0v) is 11.9. The molecule has 7 nitrogen and oxygen atoms in total. The Morgan fingerprint density at radius 2 is 2.14 bits per heavy atom. The number of fused-ring (bicyclic) bond motifs is 1. The van der Waals surface area contributed by atoms with Crippen molar-refractivity contribution in [1.82, 2.24) is 9.88 Å². The molecule has 1 aliphatic rings. The number of anilines is 2. The van der Waals surface area contributed by atoms with Crippen molar-refractivity contribution < 1.29 is 13.9 Å². The zero-order valence-electron chi connectivity index (χ0n) is 11.9. The van der Waals surface area contributed by atoms with E-state index in [1.807, 2.05) is 11.0 Å². The van der Waals surface area contributed by atoms with Gasteiger partial charge >= 0.3 is 6.09 Å². The maximum Gasteiger partial charge on any atom is 0.409 e. The van der Waals surface area contributed by atoms with E-state index in [0.717, 1.165) is 5.52 Å². The minimum Gasteiger partial charge on any atom is -0.450 e. The molecule has 1 saturated heterocycles. The van der Waals surface area contributed by atoms with Gasteiger partial charge in [0.15, 0.2) is 5.58 Å². The van der Waals surface area contributed by atoms with Crippen LogP contribution in [0.2, 0.25) is 0 Å². The molecule has 2 heterocycles. The molecule has 0 aliphatic carbocycles. The average Bonchev–Trinajstić information content (AvgIpc) is 2.90. The molecule has 0 saturated carbocycles. The first-order chi connectivity index (χ1) is 10.2. The number of aromatic nitrogens is 1. The summed E-state index contributed by atoms with van der Waals surface area (Å²) in [4.78, 5) is 19.8. The lowest BCUT2D eigenvalue weighted by molar-refractivity contribution is 0.104. The predicted molar refractivity (Wildman–Crippen MR) is 79.2 cm³/mol. The minimum atomic E-state index is -0.262. The monoisotopic (exact) mass is 290 g/mol. The van der Waals surface area contributed by atoms with Gasteiger partial charge in [-0.15, -0.1) is 0 Å². The van der Waals surface area contributed by atoms with Crippen LogP contribution in [0.5, 0.6) is 0 Å². The van der Waals surface area contributed by atoms with Gasteiger partial charge < -0.3 is 24.7 Å². The zero-order chi connectivity index (χ0) is 14.8. The highest BCUT2D eigenvalue weighted by Crippen LogP contribution is 2.24. The molecule has 2 aromatic rings. The normalized spacial score (nSPS) is 15.5. The summed E-state index contributed by atoms with van der Waals surface area (Å²) in [5.74, 6) is 0. The van der Waals surface area contributed by atoms with Crippen molar-refractivity contribution in [3.8, 4) is 0 Å². The number of nitrogens with two attached hydrogens (primary N) is 1. The van der Waals surface area contributed by atoms with Crippen molar-refractivity contribution in [3.05, 3.63) is 18.2 Å². The van der Waals surface area contributed by atoms with Crippen molar-refractivity contribution in [2.24, 2.45) is 0 Å². The molecule has 2 N–H and O–H groups in total. The van der Waals surface area contributed by atoms with E-state index in [2.05, 4.69) is 4.98 Å². The SMILES string of the molecule is CCOC(=O)N1CCN(c2nc3ccc(N)cc3o2)CC1. The highest BCUT2D eigenvalue weighted by Gasteiger charge is 2.24. The first kappa shape index (κ1) is 13.5. The summed E-state index contributed by atoms with van der Waals surface area (Å²) in [7, 11) is 0. The van der Waals surface area contributed by atoms with Gasteiger partial charge in [-0.2, -0.15) is 4.98 Å². The second-order valence-electron chi connectivity index (χ2n) is 4.90. The Kier molecular flexibility index (Phi) is 3.55. The van der Waals surface area contributed by atoms with Crippen LogP contribution in [0.25, 0.3) is 11.1 Å². The molecule has 0 atom stereocenters. The minimum absolute atomic E-state index is 0.262. The van der Waals surface area contributed by atoms with E-state index in [0.29, 0.717) is 50.1 Å². The number of benzene rings is 1. The van der Waals surface area contributed by atoms with Crippen LogP contribution in [-0.4, -0.2) is 48.8 Å². The molecule has 1 amide bonds. The molecule has 1 aromatic carbocycles. The summed E-state index contributed by atoms with van der Waals surface area (Å²) in [6.45, 7) is 4.73. The summed E-state index contributed by atoms with van der Waals surface area (Å²) in [6, 6.07) is 5.97. The number of amides is 1. The first-order valence-electron chi connectivity index (χ1n) is 7.00. The van der Waals surface area contributed by atoms with Gasteiger partial charge in [0.05, 0.1) is 6.61 Å². The van der Waals surface area contributed by atoms with Crippen LogP contribution in [0, 0.1) is 0 Å². The molecule has 0 bridgehead atoms. The highest BCUT2D eigenvalue weighted by molar-refractivity contribution is 5.78. The van der Waals surface area contributed by atoms with E-state index in [9.17, 15) is 4.79 Å². The fraction of sp³-hybridized carbons (Fsp3) is 0.429. The molecule has 112 valence electrons. The van der Waals surface area contributed by atoms with E-state index >= 15 is 0 Å². The van der Waals surface area contributed by atoms with E-state index < -0.39 is 0 Å². The molecule has 3 rings (SSSR count). The molecule has 0 radical (unpaired) electrons. The van der Waals surface area contributed by atoms with Gasteiger partial charge in [0.2, 0.25) is 0 Å². The second kappa shape index (κ2) is 5.51. The largest absolute Gasteiger partial charge is 0.450 e. The maximum absolute atomic E-state index is 11.7. The van der Waals surface area contributed by atoms with Gasteiger partial charge in [0, 0.05) is 37.9 Å². The quantitative estimate of drug-likeness (QED) is 0.847. The number of nitrogen functional groups attached to an aromatic ring is 1. The van der Waals surface area contributed by atoms with Crippen molar-refractivity contribution in [2.75, 3.05) is 43.4 Å². The van der Waals surface area contributed by atoms with Crippen LogP contribution in [0.3, 0.4) is 0 Å². The lowest BCUT2D eigenvalue weighted by Crippen LogP contribution is -2.49. The number of carbonyl (C=O) groups excluding carboxylic acids is 1.